The van der Waals surface area contributed by atoms with Crippen molar-refractivity contribution in [3.8, 4) is 22.6 Å². The van der Waals surface area contributed by atoms with Gasteiger partial charge in [0.2, 0.25) is 5.91 Å². The maximum Gasteiger partial charge on any atom is 0.238 e. The largest absolute Gasteiger partial charge is 0.497 e. The van der Waals surface area contributed by atoms with E-state index >= 15 is 0 Å². The molecular weight excluding hydrogens is 464 g/mol. The smallest absolute Gasteiger partial charge is 0.238 e. The zero-order valence-corrected chi connectivity index (χ0v) is 21.3. The molecule has 3 aromatic carbocycles. The van der Waals surface area contributed by atoms with Crippen molar-refractivity contribution in [2.75, 3.05) is 44.5 Å². The lowest BCUT2D eigenvalue weighted by Gasteiger charge is -2.25. The average molecular weight is 497 g/mol. The van der Waals surface area contributed by atoms with Crippen LogP contribution in [-0.4, -0.2) is 49.6 Å². The highest BCUT2D eigenvalue weighted by molar-refractivity contribution is 5.93. The number of amides is 1. The van der Waals surface area contributed by atoms with Gasteiger partial charge in [0.1, 0.15) is 17.3 Å². The number of carbonyl (C=O) groups is 1. The van der Waals surface area contributed by atoms with E-state index in [0.717, 1.165) is 63.8 Å². The first-order valence-electron chi connectivity index (χ1n) is 12.6. The van der Waals surface area contributed by atoms with Crippen molar-refractivity contribution in [2.45, 2.75) is 19.3 Å². The number of pyridine rings is 1. The number of fused-ring (bicyclic) bond motifs is 1. The van der Waals surface area contributed by atoms with Crippen molar-refractivity contribution >= 4 is 34.0 Å². The van der Waals surface area contributed by atoms with Crippen molar-refractivity contribution in [1.82, 2.24) is 9.88 Å². The Hall–Kier alpha value is -4.10. The predicted octanol–water partition coefficient (Wildman–Crippen LogP) is 6.09. The van der Waals surface area contributed by atoms with Crippen LogP contribution in [0.15, 0.2) is 72.8 Å². The molecule has 0 atom stereocenters. The van der Waals surface area contributed by atoms with Crippen LogP contribution in [0.5, 0.6) is 11.5 Å². The van der Waals surface area contributed by atoms with Gasteiger partial charge in [0, 0.05) is 28.4 Å². The van der Waals surface area contributed by atoms with Crippen molar-refractivity contribution in [3.05, 3.63) is 72.8 Å². The number of ether oxygens (including phenoxy) is 2. The number of nitrogens with zero attached hydrogens (tertiary/aromatic N) is 2. The topological polar surface area (TPSA) is 75.7 Å². The summed E-state index contributed by atoms with van der Waals surface area (Å²) in [5.74, 6) is 2.31. The van der Waals surface area contributed by atoms with Crippen LogP contribution in [0.1, 0.15) is 19.3 Å². The van der Waals surface area contributed by atoms with Crippen LogP contribution in [-0.2, 0) is 4.79 Å². The second-order valence-electron chi connectivity index (χ2n) is 9.26. The summed E-state index contributed by atoms with van der Waals surface area (Å²) in [6.45, 7) is 2.44. The fourth-order valence-electron chi connectivity index (χ4n) is 4.65. The number of methoxy groups -OCH3 is 2. The maximum atomic E-state index is 12.5. The number of piperidine rings is 1. The van der Waals surface area contributed by atoms with Gasteiger partial charge in [0.25, 0.3) is 0 Å². The molecule has 0 radical (unpaired) electrons. The molecule has 1 amide bonds. The van der Waals surface area contributed by atoms with Crippen molar-refractivity contribution < 1.29 is 14.3 Å². The van der Waals surface area contributed by atoms with Gasteiger partial charge in [-0.05, 0) is 86.1 Å². The Morgan fingerprint density at radius 3 is 2.22 bits per heavy atom. The number of nitrogens with one attached hydrogen (secondary N) is 2. The Balaban J connectivity index is 1.38. The summed E-state index contributed by atoms with van der Waals surface area (Å²) in [5.41, 5.74) is 4.48. The van der Waals surface area contributed by atoms with Gasteiger partial charge in [-0.2, -0.15) is 0 Å². The van der Waals surface area contributed by atoms with Crippen LogP contribution in [0.25, 0.3) is 22.0 Å². The number of carbonyl (C=O) groups excluding carboxylic acids is 1. The number of anilines is 3. The van der Waals surface area contributed by atoms with Crippen LogP contribution in [0.3, 0.4) is 0 Å². The van der Waals surface area contributed by atoms with E-state index in [-0.39, 0.29) is 5.91 Å². The monoisotopic (exact) mass is 496 g/mol. The summed E-state index contributed by atoms with van der Waals surface area (Å²) in [4.78, 5) is 19.6. The fraction of sp³-hybridized carbons (Fsp3) is 0.267. The molecule has 1 aromatic heterocycles. The summed E-state index contributed by atoms with van der Waals surface area (Å²) in [6, 6.07) is 23.7. The van der Waals surface area contributed by atoms with Gasteiger partial charge >= 0.3 is 0 Å². The molecule has 7 heteroatoms. The van der Waals surface area contributed by atoms with E-state index in [2.05, 4.69) is 21.6 Å². The molecule has 2 heterocycles. The molecule has 190 valence electrons. The summed E-state index contributed by atoms with van der Waals surface area (Å²) in [5, 5.41) is 7.50. The van der Waals surface area contributed by atoms with Crippen molar-refractivity contribution in [2.24, 2.45) is 0 Å². The molecule has 1 saturated heterocycles. The number of likely N-dealkylation sites (tertiary alicyclic amines) is 1. The third-order valence-electron chi connectivity index (χ3n) is 6.67. The zero-order valence-electron chi connectivity index (χ0n) is 21.3. The molecular formula is C30H32N4O3. The van der Waals surface area contributed by atoms with Crippen LogP contribution >= 0.6 is 0 Å². The third kappa shape index (κ3) is 6.01. The Kier molecular flexibility index (Phi) is 7.51. The minimum atomic E-state index is 0.0227. The Bertz CT molecular complexity index is 1360. The summed E-state index contributed by atoms with van der Waals surface area (Å²) >= 11 is 0. The molecule has 0 bridgehead atoms. The SMILES string of the molecule is COc1ccc(-c2cc3ccc(OC)cc3nc2Nc2ccc(NC(=O)CN3CCCCC3)cc2)cc1. The van der Waals surface area contributed by atoms with Gasteiger partial charge in [-0.25, -0.2) is 4.98 Å². The van der Waals surface area contributed by atoms with E-state index in [4.69, 9.17) is 14.5 Å². The second-order valence-corrected chi connectivity index (χ2v) is 9.26. The minimum Gasteiger partial charge on any atom is -0.497 e. The number of rotatable bonds is 8. The average Bonchev–Trinajstić information content (AvgIpc) is 2.94. The van der Waals surface area contributed by atoms with Crippen LogP contribution < -0.4 is 20.1 Å². The van der Waals surface area contributed by atoms with Gasteiger partial charge in [0.15, 0.2) is 0 Å². The van der Waals surface area contributed by atoms with Gasteiger partial charge in [-0.3, -0.25) is 9.69 Å². The van der Waals surface area contributed by atoms with Gasteiger partial charge in [-0.15, -0.1) is 0 Å². The Morgan fingerprint density at radius 2 is 1.51 bits per heavy atom. The Labute approximate surface area is 217 Å². The molecule has 2 N–H and O–H groups in total. The molecule has 4 aromatic rings. The number of hydrogen-bond acceptors (Lipinski definition) is 6. The molecule has 1 aliphatic heterocycles. The minimum absolute atomic E-state index is 0.0227. The number of aromatic nitrogens is 1. The normalized spacial score (nSPS) is 13.8. The van der Waals surface area contributed by atoms with E-state index in [9.17, 15) is 4.79 Å². The summed E-state index contributed by atoms with van der Waals surface area (Å²) in [7, 11) is 3.31. The molecule has 0 aliphatic carbocycles. The zero-order chi connectivity index (χ0) is 25.6. The molecule has 5 rings (SSSR count). The first-order chi connectivity index (χ1) is 18.1. The lowest BCUT2D eigenvalue weighted by atomic mass is 10.0. The molecule has 37 heavy (non-hydrogen) atoms. The van der Waals surface area contributed by atoms with E-state index in [1.807, 2.05) is 66.7 Å². The van der Waals surface area contributed by atoms with E-state index in [1.54, 1.807) is 14.2 Å². The summed E-state index contributed by atoms with van der Waals surface area (Å²) in [6.07, 6.45) is 3.59. The Morgan fingerprint density at radius 1 is 0.838 bits per heavy atom. The van der Waals surface area contributed by atoms with E-state index in [1.165, 1.54) is 19.3 Å². The molecule has 0 spiro atoms. The highest BCUT2D eigenvalue weighted by Crippen LogP contribution is 2.34. The molecule has 7 nitrogen and oxygen atoms in total. The highest BCUT2D eigenvalue weighted by atomic mass is 16.5. The summed E-state index contributed by atoms with van der Waals surface area (Å²) < 4.78 is 10.7. The lowest BCUT2D eigenvalue weighted by molar-refractivity contribution is -0.117. The van der Waals surface area contributed by atoms with Crippen molar-refractivity contribution in [3.63, 3.8) is 0 Å². The number of benzene rings is 3. The molecule has 0 unspecified atom stereocenters. The fourth-order valence-corrected chi connectivity index (χ4v) is 4.65. The lowest BCUT2D eigenvalue weighted by Crippen LogP contribution is -2.36. The second kappa shape index (κ2) is 11.3. The maximum absolute atomic E-state index is 12.5. The predicted molar refractivity (Wildman–Crippen MR) is 149 cm³/mol. The molecule has 1 aliphatic rings. The van der Waals surface area contributed by atoms with Crippen molar-refractivity contribution in [1.29, 1.82) is 0 Å². The molecule has 0 saturated carbocycles. The molecule has 1 fully saturated rings. The van der Waals surface area contributed by atoms with E-state index in [0.29, 0.717) is 6.54 Å². The number of hydrogen-bond donors (Lipinski definition) is 2. The van der Waals surface area contributed by atoms with Crippen LogP contribution in [0, 0.1) is 0 Å². The van der Waals surface area contributed by atoms with Crippen LogP contribution in [0.4, 0.5) is 17.2 Å². The van der Waals surface area contributed by atoms with Crippen LogP contribution in [0.2, 0.25) is 0 Å². The third-order valence-corrected chi connectivity index (χ3v) is 6.67. The van der Waals surface area contributed by atoms with E-state index < -0.39 is 0 Å². The van der Waals surface area contributed by atoms with Gasteiger partial charge in [-0.1, -0.05) is 18.6 Å². The first-order valence-corrected chi connectivity index (χ1v) is 12.6. The van der Waals surface area contributed by atoms with Gasteiger partial charge in [0.05, 0.1) is 26.3 Å². The highest BCUT2D eigenvalue weighted by Gasteiger charge is 2.14. The van der Waals surface area contributed by atoms with Gasteiger partial charge < -0.3 is 20.1 Å². The quantitative estimate of drug-likeness (QED) is 0.308. The standard InChI is InChI=1S/C30H32N4O3/c1-36-25-13-6-21(7-14-25)27-18-22-8-15-26(37-2)19-28(22)33-30(27)32-24-11-9-23(10-12-24)31-29(35)20-34-16-4-3-5-17-34/h6-15,18-19H,3-5,16-17,20H2,1-2H3,(H,31,35)(H,32,33). The first kappa shape index (κ1) is 24.6.